The molecule has 2 atom stereocenters. The number of carboxylic acid groups (broad SMARTS) is 1. The van der Waals surface area contributed by atoms with Gasteiger partial charge in [-0.2, -0.15) is 0 Å². The lowest BCUT2D eigenvalue weighted by molar-refractivity contribution is 0.0696. The van der Waals surface area contributed by atoms with Gasteiger partial charge in [-0.3, -0.25) is 0 Å². The average Bonchev–Trinajstić information content (AvgIpc) is 2.37. The van der Waals surface area contributed by atoms with Crippen LogP contribution in [0, 0.1) is 12.8 Å². The third-order valence-corrected chi connectivity index (χ3v) is 5.26. The third kappa shape index (κ3) is 3.80. The fourth-order valence-corrected chi connectivity index (χ4v) is 3.42. The molecule has 2 unspecified atom stereocenters. The van der Waals surface area contributed by atoms with Gasteiger partial charge in [0, 0.05) is 6.04 Å². The smallest absolute Gasteiger partial charge is 0.335 e. The fraction of sp³-hybridized carbons (Fsp3) is 0.500. The molecule has 0 saturated carbocycles. The van der Waals surface area contributed by atoms with Gasteiger partial charge in [0.1, 0.15) is 0 Å². The summed E-state index contributed by atoms with van der Waals surface area (Å²) in [6.07, 6.45) is 0.859. The summed E-state index contributed by atoms with van der Waals surface area (Å²) in [6, 6.07) is 3.89. The molecule has 0 aliphatic heterocycles. The highest BCUT2D eigenvalue weighted by molar-refractivity contribution is 7.89. The summed E-state index contributed by atoms with van der Waals surface area (Å²) in [5.74, 6) is -0.941. The monoisotopic (exact) mass is 299 g/mol. The molecule has 0 aromatic heterocycles. The number of aryl methyl sites for hydroxylation is 1. The van der Waals surface area contributed by atoms with Crippen LogP contribution in [0.1, 0.15) is 43.1 Å². The summed E-state index contributed by atoms with van der Waals surface area (Å²) >= 11 is 0. The molecule has 5 nitrogen and oxygen atoms in total. The SMILES string of the molecule is CCC(C)C(C)NS(=O)(=O)c1cc(C(=O)O)ccc1C. The highest BCUT2D eigenvalue weighted by Gasteiger charge is 2.23. The number of hydrogen-bond acceptors (Lipinski definition) is 3. The highest BCUT2D eigenvalue weighted by atomic mass is 32.2. The van der Waals surface area contributed by atoms with Crippen molar-refractivity contribution in [1.82, 2.24) is 4.72 Å². The summed E-state index contributed by atoms with van der Waals surface area (Å²) in [6.45, 7) is 7.41. The molecule has 0 radical (unpaired) electrons. The summed E-state index contributed by atoms with van der Waals surface area (Å²) in [5, 5.41) is 8.96. The van der Waals surface area contributed by atoms with Crippen LogP contribution >= 0.6 is 0 Å². The third-order valence-electron chi connectivity index (χ3n) is 3.56. The Labute approximate surface area is 120 Å². The molecule has 6 heteroatoms. The van der Waals surface area contributed by atoms with Crippen molar-refractivity contribution < 1.29 is 18.3 Å². The molecular formula is C14H21NO4S. The molecule has 0 heterocycles. The summed E-state index contributed by atoms with van der Waals surface area (Å²) in [4.78, 5) is 11.0. The van der Waals surface area contributed by atoms with Crippen LogP contribution in [0.15, 0.2) is 23.1 Å². The van der Waals surface area contributed by atoms with E-state index in [1.165, 1.54) is 18.2 Å². The second-order valence-corrected chi connectivity index (χ2v) is 6.76. The quantitative estimate of drug-likeness (QED) is 0.845. The fourth-order valence-electron chi connectivity index (χ4n) is 1.80. The van der Waals surface area contributed by atoms with Crippen LogP contribution in [0.4, 0.5) is 0 Å². The van der Waals surface area contributed by atoms with Crippen molar-refractivity contribution in [3.8, 4) is 0 Å². The van der Waals surface area contributed by atoms with Crippen molar-refractivity contribution in [2.45, 2.75) is 45.1 Å². The standard InChI is InChI=1S/C14H21NO4S/c1-5-9(2)11(4)15-20(18,19)13-8-12(14(16)17)7-6-10(13)3/h6-9,11,15H,5H2,1-4H3,(H,16,17). The second kappa shape index (κ2) is 6.37. The van der Waals surface area contributed by atoms with Crippen molar-refractivity contribution in [2.24, 2.45) is 5.92 Å². The molecule has 0 saturated heterocycles. The molecule has 0 spiro atoms. The Balaban J connectivity index is 3.15. The first-order valence-corrected chi connectivity index (χ1v) is 8.03. The molecule has 0 bridgehead atoms. The highest BCUT2D eigenvalue weighted by Crippen LogP contribution is 2.19. The van der Waals surface area contributed by atoms with Crippen LogP contribution in [0.5, 0.6) is 0 Å². The second-order valence-electron chi connectivity index (χ2n) is 5.08. The molecule has 0 fully saturated rings. The Morgan fingerprint density at radius 2 is 1.95 bits per heavy atom. The first kappa shape index (κ1) is 16.7. The Morgan fingerprint density at radius 1 is 1.35 bits per heavy atom. The van der Waals surface area contributed by atoms with Crippen molar-refractivity contribution >= 4 is 16.0 Å². The predicted molar refractivity (Wildman–Crippen MR) is 77.4 cm³/mol. The van der Waals surface area contributed by atoms with Gasteiger partial charge in [0.2, 0.25) is 10.0 Å². The van der Waals surface area contributed by atoms with E-state index in [0.29, 0.717) is 5.56 Å². The zero-order valence-corrected chi connectivity index (χ0v) is 13.0. The van der Waals surface area contributed by atoms with Crippen LogP contribution in [0.3, 0.4) is 0 Å². The normalized spacial score (nSPS) is 14.8. The number of nitrogens with one attached hydrogen (secondary N) is 1. The maximum Gasteiger partial charge on any atom is 0.335 e. The summed E-state index contributed by atoms with van der Waals surface area (Å²) in [7, 11) is -3.71. The minimum atomic E-state index is -3.71. The van der Waals surface area contributed by atoms with E-state index in [1.807, 2.05) is 20.8 Å². The topological polar surface area (TPSA) is 83.5 Å². The van der Waals surface area contributed by atoms with Gasteiger partial charge in [0.05, 0.1) is 10.5 Å². The number of carbonyl (C=O) groups is 1. The summed E-state index contributed by atoms with van der Waals surface area (Å²) < 4.78 is 27.3. The first-order chi connectivity index (χ1) is 9.19. The molecule has 20 heavy (non-hydrogen) atoms. The minimum Gasteiger partial charge on any atom is -0.478 e. The number of hydrogen-bond donors (Lipinski definition) is 2. The predicted octanol–water partition coefficient (Wildman–Crippen LogP) is 2.41. The Morgan fingerprint density at radius 3 is 2.45 bits per heavy atom. The lowest BCUT2D eigenvalue weighted by Crippen LogP contribution is -2.37. The molecule has 1 aromatic carbocycles. The van der Waals surface area contributed by atoms with Crippen molar-refractivity contribution in [1.29, 1.82) is 0 Å². The van der Waals surface area contributed by atoms with Gasteiger partial charge in [-0.15, -0.1) is 0 Å². The maximum absolute atomic E-state index is 12.4. The summed E-state index contributed by atoms with van der Waals surface area (Å²) in [5.41, 5.74) is 0.492. The molecule has 0 aliphatic rings. The van der Waals surface area contributed by atoms with Crippen molar-refractivity contribution in [3.63, 3.8) is 0 Å². The minimum absolute atomic E-state index is 0.0209. The van der Waals surface area contributed by atoms with E-state index in [4.69, 9.17) is 5.11 Å². The zero-order chi connectivity index (χ0) is 15.5. The van der Waals surface area contributed by atoms with E-state index >= 15 is 0 Å². The number of rotatable bonds is 6. The Hall–Kier alpha value is -1.40. The van der Waals surface area contributed by atoms with E-state index < -0.39 is 16.0 Å². The number of aromatic carboxylic acids is 1. The molecule has 1 rings (SSSR count). The molecule has 1 aromatic rings. The van der Waals surface area contributed by atoms with Crippen LogP contribution in [0.25, 0.3) is 0 Å². The van der Waals surface area contributed by atoms with E-state index in [9.17, 15) is 13.2 Å². The van der Waals surface area contributed by atoms with Crippen molar-refractivity contribution in [3.05, 3.63) is 29.3 Å². The number of sulfonamides is 1. The van der Waals surface area contributed by atoms with Gasteiger partial charge in [-0.25, -0.2) is 17.9 Å². The molecule has 0 aliphatic carbocycles. The van der Waals surface area contributed by atoms with Crippen LogP contribution in [-0.2, 0) is 10.0 Å². The maximum atomic E-state index is 12.4. The van der Waals surface area contributed by atoms with Crippen molar-refractivity contribution in [2.75, 3.05) is 0 Å². The molecule has 2 N–H and O–H groups in total. The van der Waals surface area contributed by atoms with Gasteiger partial charge in [0.25, 0.3) is 0 Å². The first-order valence-electron chi connectivity index (χ1n) is 6.55. The van der Waals surface area contributed by atoms with Crippen LogP contribution in [-0.4, -0.2) is 25.5 Å². The van der Waals surface area contributed by atoms with Crippen LogP contribution in [0.2, 0.25) is 0 Å². The van der Waals surface area contributed by atoms with Crippen LogP contribution < -0.4 is 4.72 Å². The average molecular weight is 299 g/mol. The molecule has 112 valence electrons. The van der Waals surface area contributed by atoms with Gasteiger partial charge >= 0.3 is 5.97 Å². The van der Waals surface area contributed by atoms with E-state index in [-0.39, 0.29) is 22.4 Å². The Bertz CT molecular complexity index is 595. The number of carboxylic acids is 1. The Kier molecular flexibility index (Phi) is 5.30. The van der Waals surface area contributed by atoms with Gasteiger partial charge < -0.3 is 5.11 Å². The van der Waals surface area contributed by atoms with Gasteiger partial charge in [-0.05, 0) is 37.5 Å². The van der Waals surface area contributed by atoms with Gasteiger partial charge in [-0.1, -0.05) is 26.3 Å². The van der Waals surface area contributed by atoms with E-state index in [0.717, 1.165) is 6.42 Å². The lowest BCUT2D eigenvalue weighted by atomic mass is 10.0. The van der Waals surface area contributed by atoms with E-state index in [2.05, 4.69) is 4.72 Å². The zero-order valence-electron chi connectivity index (χ0n) is 12.2. The molecule has 0 amide bonds. The number of benzene rings is 1. The van der Waals surface area contributed by atoms with E-state index in [1.54, 1.807) is 6.92 Å². The molecular weight excluding hydrogens is 278 g/mol. The largest absolute Gasteiger partial charge is 0.478 e. The van der Waals surface area contributed by atoms with Gasteiger partial charge in [0.15, 0.2) is 0 Å². The lowest BCUT2D eigenvalue weighted by Gasteiger charge is -2.20.